The van der Waals surface area contributed by atoms with E-state index in [0.29, 0.717) is 23.7 Å². The van der Waals surface area contributed by atoms with E-state index in [4.69, 9.17) is 11.6 Å². The molecule has 0 radical (unpaired) electrons. The molecule has 0 saturated carbocycles. The number of benzene rings is 1. The van der Waals surface area contributed by atoms with Crippen LogP contribution in [0, 0.1) is 11.3 Å². The average Bonchev–Trinajstić information content (AvgIpc) is 3.19. The van der Waals surface area contributed by atoms with Gasteiger partial charge in [-0.2, -0.15) is 5.26 Å². The summed E-state index contributed by atoms with van der Waals surface area (Å²) in [4.78, 5) is 32.7. The summed E-state index contributed by atoms with van der Waals surface area (Å²) in [7, 11) is 0. The summed E-state index contributed by atoms with van der Waals surface area (Å²) >= 11 is 5.91. The molecule has 2 aliphatic heterocycles. The van der Waals surface area contributed by atoms with Gasteiger partial charge in [0.1, 0.15) is 6.07 Å². The van der Waals surface area contributed by atoms with Crippen molar-refractivity contribution in [2.75, 3.05) is 26.2 Å². The first-order valence-corrected chi connectivity index (χ1v) is 12.1. The number of amides is 2. The number of hydrogen-bond donors (Lipinski definition) is 1. The van der Waals surface area contributed by atoms with Crippen molar-refractivity contribution < 1.29 is 18.4 Å². The van der Waals surface area contributed by atoms with Gasteiger partial charge in [0.05, 0.1) is 19.5 Å². The summed E-state index contributed by atoms with van der Waals surface area (Å²) in [5, 5.41) is 13.1. The predicted molar refractivity (Wildman–Crippen MR) is 132 cm³/mol. The summed E-state index contributed by atoms with van der Waals surface area (Å²) in [5.74, 6) is -4.45. The van der Waals surface area contributed by atoms with Crippen LogP contribution in [-0.4, -0.2) is 64.4 Å². The highest BCUT2D eigenvalue weighted by Gasteiger charge is 2.60. The van der Waals surface area contributed by atoms with Gasteiger partial charge in [-0.25, -0.2) is 8.78 Å². The second kappa shape index (κ2) is 10.7. The van der Waals surface area contributed by atoms with Gasteiger partial charge >= 0.3 is 0 Å². The fourth-order valence-electron chi connectivity index (χ4n) is 4.74. The van der Waals surface area contributed by atoms with Crippen LogP contribution >= 0.6 is 11.6 Å². The zero-order valence-corrected chi connectivity index (χ0v) is 20.3. The molecule has 1 aromatic carbocycles. The molecular formula is C26H26ClF2N5O2. The summed E-state index contributed by atoms with van der Waals surface area (Å²) in [6, 6.07) is 10.7. The first-order chi connectivity index (χ1) is 17.2. The maximum Gasteiger partial charge on any atom is 0.270 e. The van der Waals surface area contributed by atoms with Gasteiger partial charge in [-0.3, -0.25) is 19.5 Å². The van der Waals surface area contributed by atoms with Gasteiger partial charge in [0, 0.05) is 41.6 Å². The second-order valence-corrected chi connectivity index (χ2v) is 9.46. The number of carbonyl (C=O) groups is 2. The largest absolute Gasteiger partial charge is 0.343 e. The summed E-state index contributed by atoms with van der Waals surface area (Å²) < 4.78 is 28.9. The number of nitrogens with zero attached hydrogens (tertiary/aromatic N) is 4. The van der Waals surface area contributed by atoms with Gasteiger partial charge in [0.2, 0.25) is 5.91 Å². The minimum atomic E-state index is -3.18. The van der Waals surface area contributed by atoms with Crippen LogP contribution in [0.3, 0.4) is 0 Å². The number of likely N-dealkylation sites (tertiary alicyclic amines) is 2. The van der Waals surface area contributed by atoms with E-state index in [-0.39, 0.29) is 5.56 Å². The Hall–Kier alpha value is -3.35. The highest BCUT2D eigenvalue weighted by Crippen LogP contribution is 2.42. The van der Waals surface area contributed by atoms with E-state index < -0.39 is 42.9 Å². The van der Waals surface area contributed by atoms with Crippen LogP contribution in [-0.2, 0) is 4.79 Å². The van der Waals surface area contributed by atoms with Crippen LogP contribution in [0.15, 0.2) is 42.7 Å². The molecule has 1 N–H and O–H groups in total. The Bertz CT molecular complexity index is 1190. The van der Waals surface area contributed by atoms with E-state index in [9.17, 15) is 23.6 Å². The van der Waals surface area contributed by atoms with E-state index in [2.05, 4.69) is 10.3 Å². The first-order valence-electron chi connectivity index (χ1n) is 11.7. The number of carbonyl (C=O) groups excluding carboxylic acids is 2. The molecule has 2 amide bonds. The molecular weight excluding hydrogens is 488 g/mol. The Labute approximate surface area is 213 Å². The van der Waals surface area contributed by atoms with Crippen molar-refractivity contribution in [3.63, 3.8) is 0 Å². The third-order valence-electron chi connectivity index (χ3n) is 6.52. The molecule has 10 heteroatoms. The molecule has 0 aliphatic carbocycles. The van der Waals surface area contributed by atoms with Gasteiger partial charge in [-0.15, -0.1) is 0 Å². The number of piperidine rings is 1. The standard InChI is InChI=1S/C26H26ClF2N5O2/c27-21-8-5-19(6-9-21)4-7-20-14-31-11-10-22(20)24(36)32-15-23(35)34-18-25(28,29)16-26(34,17-30)33-12-2-1-3-13-33/h4-11,14H,1-3,12-13,15-16,18H2,(H,32,36). The highest BCUT2D eigenvalue weighted by molar-refractivity contribution is 6.30. The number of hydrogen-bond acceptors (Lipinski definition) is 5. The Balaban J connectivity index is 1.47. The van der Waals surface area contributed by atoms with Gasteiger partial charge in [0.25, 0.3) is 11.8 Å². The average molecular weight is 514 g/mol. The lowest BCUT2D eigenvalue weighted by atomic mass is 10.0. The predicted octanol–water partition coefficient (Wildman–Crippen LogP) is 4.21. The Morgan fingerprint density at radius 1 is 1.14 bits per heavy atom. The molecule has 1 aromatic heterocycles. The fraction of sp³-hybridized carbons (Fsp3) is 0.385. The van der Waals surface area contributed by atoms with Crippen molar-refractivity contribution in [3.05, 3.63) is 64.4 Å². The molecule has 4 rings (SSSR count). The topological polar surface area (TPSA) is 89.3 Å². The molecule has 188 valence electrons. The molecule has 1 unspecified atom stereocenters. The number of nitriles is 1. The Morgan fingerprint density at radius 3 is 2.56 bits per heavy atom. The van der Waals surface area contributed by atoms with E-state index >= 15 is 0 Å². The van der Waals surface area contributed by atoms with Gasteiger partial charge in [-0.05, 0) is 36.6 Å². The minimum absolute atomic E-state index is 0.275. The lowest BCUT2D eigenvalue weighted by Crippen LogP contribution is -2.60. The normalized spacial score (nSPS) is 21.9. The van der Waals surface area contributed by atoms with Crippen LogP contribution in [0.4, 0.5) is 8.78 Å². The number of halogens is 3. The molecule has 0 bridgehead atoms. The third-order valence-corrected chi connectivity index (χ3v) is 6.77. The minimum Gasteiger partial charge on any atom is -0.343 e. The van der Waals surface area contributed by atoms with E-state index in [1.54, 1.807) is 29.2 Å². The monoisotopic (exact) mass is 513 g/mol. The molecule has 7 nitrogen and oxygen atoms in total. The number of alkyl halides is 2. The lowest BCUT2D eigenvalue weighted by Gasteiger charge is -2.43. The lowest BCUT2D eigenvalue weighted by molar-refractivity contribution is -0.139. The molecule has 2 saturated heterocycles. The smallest absolute Gasteiger partial charge is 0.270 e. The van der Waals surface area contributed by atoms with Gasteiger partial charge in [-0.1, -0.05) is 42.3 Å². The maximum absolute atomic E-state index is 14.5. The molecule has 1 atom stereocenters. The van der Waals surface area contributed by atoms with Crippen LogP contribution in [0.2, 0.25) is 5.02 Å². The first kappa shape index (κ1) is 25.7. The van der Waals surface area contributed by atoms with Crippen LogP contribution < -0.4 is 5.32 Å². The second-order valence-electron chi connectivity index (χ2n) is 9.02. The summed E-state index contributed by atoms with van der Waals surface area (Å²) in [6.45, 7) is -0.412. The molecule has 36 heavy (non-hydrogen) atoms. The Morgan fingerprint density at radius 2 is 1.86 bits per heavy atom. The Kier molecular flexibility index (Phi) is 7.67. The third kappa shape index (κ3) is 5.55. The number of nitrogens with one attached hydrogen (secondary N) is 1. The molecule has 3 heterocycles. The van der Waals surface area contributed by atoms with Crippen LogP contribution in [0.5, 0.6) is 0 Å². The molecule has 2 aromatic rings. The van der Waals surface area contributed by atoms with Crippen molar-refractivity contribution in [1.82, 2.24) is 20.1 Å². The number of aromatic nitrogens is 1. The maximum atomic E-state index is 14.5. The van der Waals surface area contributed by atoms with Crippen LogP contribution in [0.25, 0.3) is 12.2 Å². The zero-order chi connectivity index (χ0) is 25.8. The quantitative estimate of drug-likeness (QED) is 0.625. The summed E-state index contributed by atoms with van der Waals surface area (Å²) in [5.41, 5.74) is -0.0537. The van der Waals surface area contributed by atoms with E-state index in [1.165, 1.54) is 18.5 Å². The SMILES string of the molecule is N#CC1(N2CCCCC2)CC(F)(F)CN1C(=O)CNC(=O)c1ccncc1C=Cc1ccc(Cl)cc1. The molecule has 2 fully saturated rings. The van der Waals surface area contributed by atoms with E-state index in [1.807, 2.05) is 18.2 Å². The van der Waals surface area contributed by atoms with Gasteiger partial charge < -0.3 is 10.2 Å². The molecule has 2 aliphatic rings. The number of rotatable bonds is 6. The van der Waals surface area contributed by atoms with Crippen molar-refractivity contribution in [3.8, 4) is 6.07 Å². The number of pyridine rings is 1. The zero-order valence-electron chi connectivity index (χ0n) is 19.6. The van der Waals surface area contributed by atoms with E-state index in [0.717, 1.165) is 29.7 Å². The van der Waals surface area contributed by atoms with Crippen LogP contribution in [0.1, 0.15) is 47.2 Å². The fourth-order valence-corrected chi connectivity index (χ4v) is 4.86. The highest BCUT2D eigenvalue weighted by atomic mass is 35.5. The van der Waals surface area contributed by atoms with Crippen molar-refractivity contribution in [2.45, 2.75) is 37.3 Å². The van der Waals surface area contributed by atoms with Crippen molar-refractivity contribution in [2.24, 2.45) is 0 Å². The van der Waals surface area contributed by atoms with Gasteiger partial charge in [0.15, 0.2) is 5.66 Å². The summed E-state index contributed by atoms with van der Waals surface area (Å²) in [6.07, 6.45) is 8.26. The molecule has 0 spiro atoms. The van der Waals surface area contributed by atoms with Crippen molar-refractivity contribution in [1.29, 1.82) is 5.26 Å². The van der Waals surface area contributed by atoms with Crippen molar-refractivity contribution >= 4 is 35.6 Å².